The Morgan fingerprint density at radius 3 is 2.53 bits per heavy atom. The molecule has 1 atom stereocenters. The Hall–Kier alpha value is -2.56. The predicted octanol–water partition coefficient (Wildman–Crippen LogP) is 3.35. The molecular weight excluding hydrogens is 242 g/mol. The molecular formula is C14H15N3O2. The lowest BCUT2D eigenvalue weighted by molar-refractivity contribution is -0.384. The van der Waals surface area contributed by atoms with Crippen molar-refractivity contribution >= 4 is 17.1 Å². The van der Waals surface area contributed by atoms with Crippen LogP contribution in [0.15, 0.2) is 48.5 Å². The molecule has 0 aliphatic heterocycles. The fourth-order valence-electron chi connectivity index (χ4n) is 1.83. The van der Waals surface area contributed by atoms with Crippen LogP contribution in [0.4, 0.5) is 17.1 Å². The van der Waals surface area contributed by atoms with Gasteiger partial charge in [0.05, 0.1) is 4.92 Å². The van der Waals surface area contributed by atoms with Crippen molar-refractivity contribution in [1.29, 1.82) is 0 Å². The Labute approximate surface area is 111 Å². The summed E-state index contributed by atoms with van der Waals surface area (Å²) in [6.45, 7) is 1.99. The molecule has 2 aromatic rings. The van der Waals surface area contributed by atoms with Gasteiger partial charge in [0.1, 0.15) is 0 Å². The molecule has 2 aromatic carbocycles. The van der Waals surface area contributed by atoms with Crippen molar-refractivity contribution in [3.63, 3.8) is 0 Å². The number of nitrogen functional groups attached to an aromatic ring is 1. The first kappa shape index (κ1) is 12.9. The van der Waals surface area contributed by atoms with Gasteiger partial charge in [0.15, 0.2) is 0 Å². The minimum atomic E-state index is -0.404. The molecule has 2 rings (SSSR count). The first-order chi connectivity index (χ1) is 9.06. The summed E-state index contributed by atoms with van der Waals surface area (Å²) in [5.74, 6) is 0. The molecule has 0 amide bonds. The van der Waals surface area contributed by atoms with E-state index in [1.165, 1.54) is 12.1 Å². The van der Waals surface area contributed by atoms with Crippen molar-refractivity contribution in [2.75, 3.05) is 11.1 Å². The second kappa shape index (κ2) is 5.39. The number of anilines is 2. The van der Waals surface area contributed by atoms with Crippen LogP contribution in [0.25, 0.3) is 0 Å². The Morgan fingerprint density at radius 1 is 1.21 bits per heavy atom. The smallest absolute Gasteiger partial charge is 0.271 e. The standard InChI is InChI=1S/C14H15N3O2/c1-10(11-5-7-12(15)8-6-11)16-13-3-2-4-14(9-13)17(18)19/h2-10,16H,15H2,1H3. The average molecular weight is 257 g/mol. The number of hydrogen-bond acceptors (Lipinski definition) is 4. The zero-order chi connectivity index (χ0) is 13.8. The van der Waals surface area contributed by atoms with Crippen molar-refractivity contribution in [3.05, 3.63) is 64.2 Å². The van der Waals surface area contributed by atoms with Gasteiger partial charge in [-0.3, -0.25) is 10.1 Å². The maximum Gasteiger partial charge on any atom is 0.271 e. The Kier molecular flexibility index (Phi) is 3.66. The van der Waals surface area contributed by atoms with Crippen molar-refractivity contribution in [2.45, 2.75) is 13.0 Å². The molecule has 0 fully saturated rings. The van der Waals surface area contributed by atoms with Gasteiger partial charge in [0.2, 0.25) is 0 Å². The molecule has 0 aliphatic rings. The van der Waals surface area contributed by atoms with Crippen molar-refractivity contribution in [3.8, 4) is 0 Å². The zero-order valence-electron chi connectivity index (χ0n) is 10.5. The number of hydrogen-bond donors (Lipinski definition) is 2. The summed E-state index contributed by atoms with van der Waals surface area (Å²) in [6.07, 6.45) is 0. The van der Waals surface area contributed by atoms with E-state index in [9.17, 15) is 10.1 Å². The second-order valence-corrected chi connectivity index (χ2v) is 4.34. The van der Waals surface area contributed by atoms with E-state index in [2.05, 4.69) is 5.32 Å². The van der Waals surface area contributed by atoms with Crippen LogP contribution in [0.1, 0.15) is 18.5 Å². The van der Waals surface area contributed by atoms with Gasteiger partial charge >= 0.3 is 0 Å². The lowest BCUT2D eigenvalue weighted by atomic mass is 10.1. The minimum Gasteiger partial charge on any atom is -0.399 e. The molecule has 5 nitrogen and oxygen atoms in total. The molecule has 0 heterocycles. The molecule has 98 valence electrons. The first-order valence-electron chi connectivity index (χ1n) is 5.92. The second-order valence-electron chi connectivity index (χ2n) is 4.34. The quantitative estimate of drug-likeness (QED) is 0.500. The zero-order valence-corrected chi connectivity index (χ0v) is 10.5. The number of nitro groups is 1. The highest BCUT2D eigenvalue weighted by Crippen LogP contribution is 2.23. The van der Waals surface area contributed by atoms with E-state index >= 15 is 0 Å². The van der Waals surface area contributed by atoms with E-state index in [0.29, 0.717) is 5.69 Å². The van der Waals surface area contributed by atoms with E-state index in [0.717, 1.165) is 11.3 Å². The summed E-state index contributed by atoms with van der Waals surface area (Å²) in [5, 5.41) is 13.9. The number of rotatable bonds is 4. The normalized spacial score (nSPS) is 11.8. The van der Waals surface area contributed by atoms with Crippen LogP contribution < -0.4 is 11.1 Å². The molecule has 3 N–H and O–H groups in total. The number of nitrogens with zero attached hydrogens (tertiary/aromatic N) is 1. The van der Waals surface area contributed by atoms with Gasteiger partial charge in [-0.25, -0.2) is 0 Å². The van der Waals surface area contributed by atoms with Gasteiger partial charge in [-0.2, -0.15) is 0 Å². The Bertz CT molecular complexity index is 581. The summed E-state index contributed by atoms with van der Waals surface area (Å²) in [5.41, 5.74) is 8.22. The van der Waals surface area contributed by atoms with Crippen molar-refractivity contribution in [1.82, 2.24) is 0 Å². The third-order valence-electron chi connectivity index (χ3n) is 2.88. The predicted molar refractivity (Wildman–Crippen MR) is 76.0 cm³/mol. The third kappa shape index (κ3) is 3.22. The summed E-state index contributed by atoms with van der Waals surface area (Å²) in [4.78, 5) is 10.3. The summed E-state index contributed by atoms with van der Waals surface area (Å²) >= 11 is 0. The molecule has 0 aliphatic carbocycles. The lowest BCUT2D eigenvalue weighted by Crippen LogP contribution is -2.06. The minimum absolute atomic E-state index is 0.0441. The average Bonchev–Trinajstić information content (AvgIpc) is 2.39. The largest absolute Gasteiger partial charge is 0.399 e. The van der Waals surface area contributed by atoms with Crippen LogP contribution in [0.3, 0.4) is 0 Å². The van der Waals surface area contributed by atoms with E-state index in [1.54, 1.807) is 12.1 Å². The molecule has 19 heavy (non-hydrogen) atoms. The molecule has 0 radical (unpaired) electrons. The molecule has 1 unspecified atom stereocenters. The van der Waals surface area contributed by atoms with Crippen LogP contribution >= 0.6 is 0 Å². The highest BCUT2D eigenvalue weighted by Gasteiger charge is 2.09. The van der Waals surface area contributed by atoms with E-state index in [-0.39, 0.29) is 11.7 Å². The van der Waals surface area contributed by atoms with Gasteiger partial charge in [-0.05, 0) is 30.7 Å². The van der Waals surface area contributed by atoms with Crippen LogP contribution in [-0.2, 0) is 0 Å². The maximum absolute atomic E-state index is 10.7. The van der Waals surface area contributed by atoms with Crippen LogP contribution in [0.2, 0.25) is 0 Å². The molecule has 0 spiro atoms. The number of benzene rings is 2. The number of nitrogens with two attached hydrogens (primary N) is 1. The molecule has 0 saturated heterocycles. The van der Waals surface area contributed by atoms with Gasteiger partial charge in [0, 0.05) is 29.5 Å². The van der Waals surface area contributed by atoms with Gasteiger partial charge in [0.25, 0.3) is 5.69 Å². The summed E-state index contributed by atoms with van der Waals surface area (Å²) < 4.78 is 0. The van der Waals surface area contributed by atoms with Gasteiger partial charge in [-0.1, -0.05) is 18.2 Å². The highest BCUT2D eigenvalue weighted by atomic mass is 16.6. The fourth-order valence-corrected chi connectivity index (χ4v) is 1.83. The Morgan fingerprint density at radius 2 is 1.89 bits per heavy atom. The van der Waals surface area contributed by atoms with E-state index in [1.807, 2.05) is 31.2 Å². The van der Waals surface area contributed by atoms with Gasteiger partial charge in [-0.15, -0.1) is 0 Å². The Balaban J connectivity index is 2.14. The molecule has 0 bridgehead atoms. The molecule has 0 saturated carbocycles. The third-order valence-corrected chi connectivity index (χ3v) is 2.88. The highest BCUT2D eigenvalue weighted by molar-refractivity contribution is 5.52. The fraction of sp³-hybridized carbons (Fsp3) is 0.143. The number of nitrogens with one attached hydrogen (secondary N) is 1. The summed E-state index contributed by atoms with van der Waals surface area (Å²) in [7, 11) is 0. The topological polar surface area (TPSA) is 81.2 Å². The molecule has 0 aromatic heterocycles. The van der Waals surface area contributed by atoms with Gasteiger partial charge < -0.3 is 11.1 Å². The monoisotopic (exact) mass is 257 g/mol. The van der Waals surface area contributed by atoms with Crippen LogP contribution in [0, 0.1) is 10.1 Å². The number of non-ortho nitro benzene ring substituents is 1. The van der Waals surface area contributed by atoms with Crippen LogP contribution in [0.5, 0.6) is 0 Å². The van der Waals surface area contributed by atoms with Crippen LogP contribution in [-0.4, -0.2) is 4.92 Å². The SMILES string of the molecule is CC(Nc1cccc([N+](=O)[O-])c1)c1ccc(N)cc1. The van der Waals surface area contributed by atoms with E-state index < -0.39 is 4.92 Å². The molecule has 5 heteroatoms. The van der Waals surface area contributed by atoms with Crippen molar-refractivity contribution < 1.29 is 4.92 Å². The number of nitro benzene ring substituents is 1. The summed E-state index contributed by atoms with van der Waals surface area (Å²) in [6, 6.07) is 14.0. The lowest BCUT2D eigenvalue weighted by Gasteiger charge is -2.15. The maximum atomic E-state index is 10.7. The van der Waals surface area contributed by atoms with Crippen molar-refractivity contribution in [2.24, 2.45) is 0 Å². The van der Waals surface area contributed by atoms with E-state index in [4.69, 9.17) is 5.73 Å². The first-order valence-corrected chi connectivity index (χ1v) is 5.92.